The van der Waals surface area contributed by atoms with E-state index in [-0.39, 0.29) is 5.84 Å². The molecule has 0 fully saturated rings. The van der Waals surface area contributed by atoms with Gasteiger partial charge < -0.3 is 15.7 Å². The van der Waals surface area contributed by atoms with Crippen molar-refractivity contribution in [3.05, 3.63) is 63.7 Å². The molecular weight excluding hydrogens is 288 g/mol. The van der Waals surface area contributed by atoms with Gasteiger partial charge in [-0.3, -0.25) is 0 Å². The van der Waals surface area contributed by atoms with Crippen LogP contribution in [0.3, 0.4) is 0 Å². The SMILES string of the molecule is Cc1cc(OCc2ccc(/C(N)=N/O)cc2)cc(C)c1Cl. The van der Waals surface area contributed by atoms with Gasteiger partial charge in [-0.1, -0.05) is 41.0 Å². The summed E-state index contributed by atoms with van der Waals surface area (Å²) in [4.78, 5) is 0. The van der Waals surface area contributed by atoms with Gasteiger partial charge in [0.05, 0.1) is 0 Å². The Bertz CT molecular complexity index is 643. The summed E-state index contributed by atoms with van der Waals surface area (Å²) >= 11 is 6.13. The quantitative estimate of drug-likeness (QED) is 0.392. The number of nitrogens with two attached hydrogens (primary N) is 1. The molecule has 4 nitrogen and oxygen atoms in total. The van der Waals surface area contributed by atoms with Crippen molar-refractivity contribution < 1.29 is 9.94 Å². The third kappa shape index (κ3) is 3.67. The molecule has 0 bridgehead atoms. The molecule has 0 aromatic heterocycles. The number of halogens is 1. The summed E-state index contributed by atoms with van der Waals surface area (Å²) in [6, 6.07) is 11.2. The number of benzene rings is 2. The van der Waals surface area contributed by atoms with Crippen LogP contribution in [-0.4, -0.2) is 11.0 Å². The molecule has 0 amide bonds. The molecular formula is C16H17ClN2O2. The van der Waals surface area contributed by atoms with E-state index in [1.54, 1.807) is 12.1 Å². The van der Waals surface area contributed by atoms with Gasteiger partial charge in [-0.2, -0.15) is 0 Å². The number of hydrogen-bond acceptors (Lipinski definition) is 3. The van der Waals surface area contributed by atoms with Crippen LogP contribution in [0.2, 0.25) is 5.02 Å². The van der Waals surface area contributed by atoms with E-state index < -0.39 is 0 Å². The molecule has 110 valence electrons. The summed E-state index contributed by atoms with van der Waals surface area (Å²) in [6.07, 6.45) is 0. The van der Waals surface area contributed by atoms with Crippen LogP contribution < -0.4 is 10.5 Å². The second-order valence-electron chi connectivity index (χ2n) is 4.84. The van der Waals surface area contributed by atoms with Crippen LogP contribution in [-0.2, 0) is 6.61 Å². The van der Waals surface area contributed by atoms with Crippen molar-refractivity contribution >= 4 is 17.4 Å². The molecule has 21 heavy (non-hydrogen) atoms. The number of hydrogen-bond donors (Lipinski definition) is 2. The Morgan fingerprint density at radius 3 is 2.29 bits per heavy atom. The number of rotatable bonds is 4. The Morgan fingerprint density at radius 2 is 1.76 bits per heavy atom. The molecule has 2 aromatic rings. The average Bonchev–Trinajstić information content (AvgIpc) is 2.50. The maximum Gasteiger partial charge on any atom is 0.170 e. The Balaban J connectivity index is 2.06. The second kappa shape index (κ2) is 6.50. The molecule has 0 saturated carbocycles. The van der Waals surface area contributed by atoms with Crippen molar-refractivity contribution in [2.24, 2.45) is 10.9 Å². The van der Waals surface area contributed by atoms with Gasteiger partial charge in [0.15, 0.2) is 5.84 Å². The first kappa shape index (κ1) is 15.2. The van der Waals surface area contributed by atoms with Crippen LogP contribution in [0.4, 0.5) is 0 Å². The molecule has 0 heterocycles. The predicted molar refractivity (Wildman–Crippen MR) is 84.2 cm³/mol. The lowest BCUT2D eigenvalue weighted by Gasteiger charge is -2.10. The third-order valence-corrected chi connectivity index (χ3v) is 3.77. The maximum atomic E-state index is 8.61. The van der Waals surface area contributed by atoms with E-state index in [1.807, 2.05) is 38.1 Å². The van der Waals surface area contributed by atoms with Gasteiger partial charge in [-0.15, -0.1) is 0 Å². The van der Waals surface area contributed by atoms with Crippen molar-refractivity contribution in [2.75, 3.05) is 0 Å². The minimum absolute atomic E-state index is 0.0893. The standard InChI is InChI=1S/C16H17ClN2O2/c1-10-7-14(8-11(2)15(10)17)21-9-12-3-5-13(6-4-12)16(18)19-20/h3-8,20H,9H2,1-2H3,(H2,18,19). The monoisotopic (exact) mass is 304 g/mol. The first-order chi connectivity index (χ1) is 10.0. The van der Waals surface area contributed by atoms with Crippen LogP contribution in [0.1, 0.15) is 22.3 Å². The van der Waals surface area contributed by atoms with Gasteiger partial charge in [0, 0.05) is 10.6 Å². The van der Waals surface area contributed by atoms with E-state index in [2.05, 4.69) is 5.16 Å². The third-order valence-electron chi connectivity index (χ3n) is 3.17. The highest BCUT2D eigenvalue weighted by atomic mass is 35.5. The fraction of sp³-hybridized carbons (Fsp3) is 0.188. The highest BCUT2D eigenvalue weighted by Crippen LogP contribution is 2.26. The number of amidine groups is 1. The topological polar surface area (TPSA) is 67.8 Å². The van der Waals surface area contributed by atoms with Crippen LogP contribution in [0.15, 0.2) is 41.6 Å². The largest absolute Gasteiger partial charge is 0.489 e. The van der Waals surface area contributed by atoms with Crippen molar-refractivity contribution in [1.82, 2.24) is 0 Å². The Hall–Kier alpha value is -2.20. The van der Waals surface area contributed by atoms with E-state index in [4.69, 9.17) is 27.3 Å². The first-order valence-electron chi connectivity index (χ1n) is 6.47. The zero-order valence-corrected chi connectivity index (χ0v) is 12.7. The second-order valence-corrected chi connectivity index (χ2v) is 5.22. The summed E-state index contributed by atoms with van der Waals surface area (Å²) in [7, 11) is 0. The van der Waals surface area contributed by atoms with E-state index in [0.717, 1.165) is 27.5 Å². The number of nitrogens with zero attached hydrogens (tertiary/aromatic N) is 1. The molecule has 3 N–H and O–H groups in total. The number of oxime groups is 1. The van der Waals surface area contributed by atoms with Crippen molar-refractivity contribution in [3.63, 3.8) is 0 Å². The number of aryl methyl sites for hydroxylation is 2. The van der Waals surface area contributed by atoms with Gasteiger partial charge in [0.1, 0.15) is 12.4 Å². The van der Waals surface area contributed by atoms with Gasteiger partial charge in [-0.05, 0) is 42.7 Å². The molecule has 5 heteroatoms. The summed E-state index contributed by atoms with van der Waals surface area (Å²) in [5, 5.41) is 12.3. The average molecular weight is 305 g/mol. The summed E-state index contributed by atoms with van der Waals surface area (Å²) in [5.41, 5.74) is 9.16. The minimum atomic E-state index is 0.0893. The van der Waals surface area contributed by atoms with Gasteiger partial charge in [-0.25, -0.2) is 0 Å². The Kier molecular flexibility index (Phi) is 4.70. The smallest absolute Gasteiger partial charge is 0.170 e. The zero-order valence-electron chi connectivity index (χ0n) is 11.9. The minimum Gasteiger partial charge on any atom is -0.489 e. The van der Waals surface area contributed by atoms with Crippen molar-refractivity contribution in [3.8, 4) is 5.75 Å². The zero-order chi connectivity index (χ0) is 15.4. The summed E-state index contributed by atoms with van der Waals surface area (Å²) in [5.74, 6) is 0.876. The lowest BCUT2D eigenvalue weighted by atomic mass is 10.1. The molecule has 0 radical (unpaired) electrons. The first-order valence-corrected chi connectivity index (χ1v) is 6.85. The Labute approximate surface area is 128 Å². The number of ether oxygens (including phenoxy) is 1. The fourth-order valence-electron chi connectivity index (χ4n) is 1.99. The lowest BCUT2D eigenvalue weighted by Crippen LogP contribution is -2.12. The van der Waals surface area contributed by atoms with Crippen molar-refractivity contribution in [1.29, 1.82) is 0 Å². The van der Waals surface area contributed by atoms with E-state index in [9.17, 15) is 0 Å². The normalized spacial score (nSPS) is 11.5. The highest BCUT2D eigenvalue weighted by Gasteiger charge is 2.04. The summed E-state index contributed by atoms with van der Waals surface area (Å²) < 4.78 is 5.77. The summed E-state index contributed by atoms with van der Waals surface area (Å²) in [6.45, 7) is 4.35. The van der Waals surface area contributed by atoms with E-state index in [0.29, 0.717) is 12.2 Å². The van der Waals surface area contributed by atoms with Crippen LogP contribution in [0, 0.1) is 13.8 Å². The molecule has 0 spiro atoms. The van der Waals surface area contributed by atoms with E-state index >= 15 is 0 Å². The maximum absolute atomic E-state index is 8.61. The molecule has 0 aliphatic rings. The van der Waals surface area contributed by atoms with Crippen LogP contribution in [0.25, 0.3) is 0 Å². The molecule has 0 unspecified atom stereocenters. The van der Waals surface area contributed by atoms with Crippen molar-refractivity contribution in [2.45, 2.75) is 20.5 Å². The molecule has 0 saturated heterocycles. The molecule has 0 atom stereocenters. The Morgan fingerprint density at radius 1 is 1.19 bits per heavy atom. The van der Waals surface area contributed by atoms with Gasteiger partial charge >= 0.3 is 0 Å². The predicted octanol–water partition coefficient (Wildman–Crippen LogP) is 3.63. The van der Waals surface area contributed by atoms with Crippen LogP contribution >= 0.6 is 11.6 Å². The highest BCUT2D eigenvalue weighted by molar-refractivity contribution is 6.32. The van der Waals surface area contributed by atoms with E-state index in [1.165, 1.54) is 0 Å². The lowest BCUT2D eigenvalue weighted by molar-refractivity contribution is 0.306. The van der Waals surface area contributed by atoms with Gasteiger partial charge in [0.2, 0.25) is 0 Å². The van der Waals surface area contributed by atoms with Crippen LogP contribution in [0.5, 0.6) is 5.75 Å². The molecule has 2 rings (SSSR count). The fourth-order valence-corrected chi connectivity index (χ4v) is 2.09. The molecule has 0 aliphatic heterocycles. The molecule has 0 aliphatic carbocycles. The molecule has 2 aromatic carbocycles. The van der Waals surface area contributed by atoms with Gasteiger partial charge in [0.25, 0.3) is 0 Å².